The third-order valence-corrected chi connectivity index (χ3v) is 3.66. The van der Waals surface area contributed by atoms with Crippen LogP contribution >= 0.6 is 0 Å². The summed E-state index contributed by atoms with van der Waals surface area (Å²) >= 11 is 0. The number of nitrogens with one attached hydrogen (secondary N) is 1. The summed E-state index contributed by atoms with van der Waals surface area (Å²) in [7, 11) is 3.40. The van der Waals surface area contributed by atoms with Gasteiger partial charge in [0, 0.05) is 26.2 Å². The molecule has 1 aliphatic carbocycles. The van der Waals surface area contributed by atoms with E-state index in [1.54, 1.807) is 25.1 Å². The first kappa shape index (κ1) is 15.3. The number of amides is 3. The van der Waals surface area contributed by atoms with Gasteiger partial charge in [-0.3, -0.25) is 4.79 Å². The minimum absolute atomic E-state index is 0.0362. The first-order valence-electron chi connectivity index (χ1n) is 7.26. The van der Waals surface area contributed by atoms with Gasteiger partial charge in [0.05, 0.1) is 0 Å². The van der Waals surface area contributed by atoms with Gasteiger partial charge < -0.3 is 19.6 Å². The Balaban J connectivity index is 2.00. The van der Waals surface area contributed by atoms with Gasteiger partial charge in [-0.2, -0.15) is 0 Å². The van der Waals surface area contributed by atoms with Crippen molar-refractivity contribution in [1.29, 1.82) is 0 Å². The molecule has 0 bridgehead atoms. The fourth-order valence-electron chi connectivity index (χ4n) is 2.62. The molecule has 1 heterocycles. The average Bonchev–Trinajstić information content (AvgIpc) is 2.97. The molecule has 1 fully saturated rings. The summed E-state index contributed by atoms with van der Waals surface area (Å²) in [5.74, 6) is 0.102. The molecule has 0 unspecified atom stereocenters. The predicted molar refractivity (Wildman–Crippen MR) is 77.8 cm³/mol. The lowest BCUT2D eigenvalue weighted by atomic mass is 9.94. The predicted octanol–water partition coefficient (Wildman–Crippen LogP) is 1.93. The van der Waals surface area contributed by atoms with Crippen LogP contribution in [0.15, 0.2) is 16.9 Å². The smallest absolute Gasteiger partial charge is 0.320 e. The molecule has 1 N–H and O–H groups in total. The molecule has 7 nitrogen and oxygen atoms in total. The van der Waals surface area contributed by atoms with E-state index >= 15 is 0 Å². The first-order chi connectivity index (χ1) is 10.1. The standard InChI is InChI=1S/C14H22N4O3/c1-17(2)14(20)18(11-6-4-3-5-7-11)10-13(19)15-12-8-9-21-16-12/h8-9,11H,3-7,10H2,1-2H3,(H,15,16,19). The monoisotopic (exact) mass is 294 g/mol. The minimum Gasteiger partial charge on any atom is -0.363 e. The quantitative estimate of drug-likeness (QED) is 0.920. The summed E-state index contributed by atoms with van der Waals surface area (Å²) in [5, 5.41) is 6.26. The van der Waals surface area contributed by atoms with E-state index in [2.05, 4.69) is 15.0 Å². The molecule has 1 aliphatic rings. The lowest BCUT2D eigenvalue weighted by molar-refractivity contribution is -0.117. The maximum absolute atomic E-state index is 12.3. The Morgan fingerprint density at radius 2 is 2.05 bits per heavy atom. The Hall–Kier alpha value is -2.05. The molecule has 7 heteroatoms. The van der Waals surface area contributed by atoms with Crippen LogP contribution in [-0.4, -0.2) is 53.6 Å². The number of hydrogen-bond acceptors (Lipinski definition) is 4. The van der Waals surface area contributed by atoms with Gasteiger partial charge in [0.2, 0.25) is 5.91 Å². The van der Waals surface area contributed by atoms with Crippen LogP contribution in [0.4, 0.5) is 10.6 Å². The minimum atomic E-state index is -0.260. The van der Waals surface area contributed by atoms with E-state index in [1.807, 2.05) is 0 Å². The normalized spacial score (nSPS) is 15.5. The van der Waals surface area contributed by atoms with Crippen molar-refractivity contribution in [3.63, 3.8) is 0 Å². The largest absolute Gasteiger partial charge is 0.363 e. The summed E-state index contributed by atoms with van der Waals surface area (Å²) in [5.41, 5.74) is 0. The summed E-state index contributed by atoms with van der Waals surface area (Å²) in [6.45, 7) is 0.0362. The average molecular weight is 294 g/mol. The second-order valence-electron chi connectivity index (χ2n) is 5.53. The number of urea groups is 1. The number of nitrogens with zero attached hydrogens (tertiary/aromatic N) is 3. The van der Waals surface area contributed by atoms with Crippen molar-refractivity contribution in [3.8, 4) is 0 Å². The van der Waals surface area contributed by atoms with Gasteiger partial charge >= 0.3 is 6.03 Å². The van der Waals surface area contributed by atoms with E-state index < -0.39 is 0 Å². The van der Waals surface area contributed by atoms with E-state index in [1.165, 1.54) is 17.6 Å². The Morgan fingerprint density at radius 1 is 1.33 bits per heavy atom. The van der Waals surface area contributed by atoms with Gasteiger partial charge in [0.1, 0.15) is 12.8 Å². The molecule has 2 rings (SSSR count). The molecule has 3 amide bonds. The number of carbonyl (C=O) groups excluding carboxylic acids is 2. The third kappa shape index (κ3) is 4.21. The Morgan fingerprint density at radius 3 is 2.62 bits per heavy atom. The summed E-state index contributed by atoms with van der Waals surface area (Å²) < 4.78 is 4.67. The van der Waals surface area contributed by atoms with Crippen LogP contribution in [0.1, 0.15) is 32.1 Å². The van der Waals surface area contributed by atoms with E-state index in [0.717, 1.165) is 25.7 Å². The molecule has 21 heavy (non-hydrogen) atoms. The molecule has 1 saturated carbocycles. The van der Waals surface area contributed by atoms with E-state index in [9.17, 15) is 9.59 Å². The molecule has 0 aromatic carbocycles. The van der Waals surface area contributed by atoms with Crippen LogP contribution in [0.5, 0.6) is 0 Å². The van der Waals surface area contributed by atoms with Crippen LogP contribution in [0, 0.1) is 0 Å². The fraction of sp³-hybridized carbons (Fsp3) is 0.643. The second-order valence-corrected chi connectivity index (χ2v) is 5.53. The van der Waals surface area contributed by atoms with Crippen molar-refractivity contribution in [2.24, 2.45) is 0 Å². The van der Waals surface area contributed by atoms with E-state index in [4.69, 9.17) is 0 Å². The highest BCUT2D eigenvalue weighted by Crippen LogP contribution is 2.23. The zero-order valence-corrected chi connectivity index (χ0v) is 12.5. The topological polar surface area (TPSA) is 78.7 Å². The van der Waals surface area contributed by atoms with Crippen LogP contribution in [-0.2, 0) is 4.79 Å². The summed E-state index contributed by atoms with van der Waals surface area (Å²) in [4.78, 5) is 27.6. The Bertz CT molecular complexity index is 467. The number of hydrogen-bond donors (Lipinski definition) is 1. The second kappa shape index (κ2) is 7.10. The molecular weight excluding hydrogens is 272 g/mol. The number of carbonyl (C=O) groups is 2. The van der Waals surface area contributed by atoms with Crippen LogP contribution in [0.2, 0.25) is 0 Å². The number of anilines is 1. The van der Waals surface area contributed by atoms with Gasteiger partial charge in [-0.1, -0.05) is 24.4 Å². The van der Waals surface area contributed by atoms with Crippen molar-refractivity contribution in [2.75, 3.05) is 26.0 Å². The van der Waals surface area contributed by atoms with Crippen LogP contribution in [0.3, 0.4) is 0 Å². The zero-order valence-electron chi connectivity index (χ0n) is 12.5. The summed E-state index contributed by atoms with van der Waals surface area (Å²) in [6.07, 6.45) is 6.71. The number of rotatable bonds is 4. The van der Waals surface area contributed by atoms with Crippen molar-refractivity contribution < 1.29 is 14.1 Å². The summed E-state index contributed by atoms with van der Waals surface area (Å²) in [6, 6.07) is 1.57. The lowest BCUT2D eigenvalue weighted by Crippen LogP contribution is -2.49. The van der Waals surface area contributed by atoms with Crippen molar-refractivity contribution in [1.82, 2.24) is 15.0 Å². The highest BCUT2D eigenvalue weighted by molar-refractivity contribution is 5.93. The SMILES string of the molecule is CN(C)C(=O)N(CC(=O)Nc1ccon1)C1CCCCC1. The number of aromatic nitrogens is 1. The fourth-order valence-corrected chi connectivity index (χ4v) is 2.62. The molecule has 0 aliphatic heterocycles. The molecule has 116 valence electrons. The Labute approximate surface area is 124 Å². The first-order valence-corrected chi connectivity index (χ1v) is 7.26. The van der Waals surface area contributed by atoms with Gasteiger partial charge in [0.25, 0.3) is 0 Å². The van der Waals surface area contributed by atoms with Crippen molar-refractivity contribution in [3.05, 3.63) is 12.3 Å². The van der Waals surface area contributed by atoms with Crippen LogP contribution < -0.4 is 5.32 Å². The Kier molecular flexibility index (Phi) is 5.19. The molecule has 1 aromatic heterocycles. The van der Waals surface area contributed by atoms with Gasteiger partial charge in [-0.15, -0.1) is 0 Å². The van der Waals surface area contributed by atoms with Crippen molar-refractivity contribution >= 4 is 17.8 Å². The molecule has 0 atom stereocenters. The van der Waals surface area contributed by atoms with E-state index in [-0.39, 0.29) is 24.5 Å². The van der Waals surface area contributed by atoms with Gasteiger partial charge in [-0.25, -0.2) is 4.79 Å². The van der Waals surface area contributed by atoms with Gasteiger partial charge in [-0.05, 0) is 12.8 Å². The molecule has 0 saturated heterocycles. The molecule has 0 spiro atoms. The maximum atomic E-state index is 12.3. The van der Waals surface area contributed by atoms with E-state index in [0.29, 0.717) is 5.82 Å². The molecule has 1 aromatic rings. The molecular formula is C14H22N4O3. The van der Waals surface area contributed by atoms with Gasteiger partial charge in [0.15, 0.2) is 5.82 Å². The molecule has 0 radical (unpaired) electrons. The lowest BCUT2D eigenvalue weighted by Gasteiger charge is -2.35. The zero-order chi connectivity index (χ0) is 15.2. The highest BCUT2D eigenvalue weighted by Gasteiger charge is 2.28. The maximum Gasteiger partial charge on any atom is 0.320 e. The van der Waals surface area contributed by atoms with Crippen molar-refractivity contribution in [2.45, 2.75) is 38.1 Å². The third-order valence-electron chi connectivity index (χ3n) is 3.66. The van der Waals surface area contributed by atoms with Crippen LogP contribution in [0.25, 0.3) is 0 Å². The highest BCUT2D eigenvalue weighted by atomic mass is 16.5.